The minimum atomic E-state index is -0.256. The number of nitrogens with zero attached hydrogens (tertiary/aromatic N) is 2. The fourth-order valence-corrected chi connectivity index (χ4v) is 2.41. The predicted molar refractivity (Wildman–Crippen MR) is 95.4 cm³/mol. The average molecular weight is 329 g/mol. The van der Waals surface area contributed by atoms with Gasteiger partial charge in [-0.2, -0.15) is 0 Å². The first kappa shape index (κ1) is 18.0. The smallest absolute Gasteiger partial charge is 0.188 e. The Hall–Kier alpha value is -2.31. The molecule has 0 heterocycles. The van der Waals surface area contributed by atoms with Crippen molar-refractivity contribution in [3.05, 3.63) is 41.6 Å². The average Bonchev–Trinajstić information content (AvgIpc) is 2.58. The van der Waals surface area contributed by atoms with Gasteiger partial charge in [-0.1, -0.05) is 0 Å². The molecule has 2 rings (SSSR count). The lowest BCUT2D eigenvalue weighted by atomic mass is 10.0. The number of hydroxylamine groups is 3. The Balaban J connectivity index is 1.95. The normalized spacial score (nSPS) is 16.7. The number of rotatable bonds is 7. The maximum Gasteiger partial charge on any atom is 0.188 e. The Bertz CT molecular complexity index is 659. The van der Waals surface area contributed by atoms with Crippen LogP contribution in [-0.4, -0.2) is 48.1 Å². The molecule has 0 saturated carbocycles. The zero-order valence-corrected chi connectivity index (χ0v) is 14.1. The van der Waals surface area contributed by atoms with E-state index in [1.165, 1.54) is 12.2 Å². The van der Waals surface area contributed by atoms with Crippen LogP contribution < -0.4 is 5.32 Å². The molecule has 0 radical (unpaired) electrons. The Labute approximate surface area is 142 Å². The van der Waals surface area contributed by atoms with Gasteiger partial charge in [0.1, 0.15) is 5.71 Å². The molecular formula is C18H23N3O3. The number of likely N-dealkylation sites (N-methyl/N-ethyl adjacent to an activating group) is 1. The van der Waals surface area contributed by atoms with Crippen LogP contribution in [0.5, 0.6) is 0 Å². The third-order valence-corrected chi connectivity index (χ3v) is 4.17. The molecule has 0 amide bonds. The van der Waals surface area contributed by atoms with Gasteiger partial charge in [-0.05, 0) is 50.3 Å². The predicted octanol–water partition coefficient (Wildman–Crippen LogP) is 2.62. The number of ketones is 2. The van der Waals surface area contributed by atoms with Gasteiger partial charge in [0.05, 0.1) is 38.3 Å². The molecule has 24 heavy (non-hydrogen) atoms. The molecule has 1 aliphatic rings. The number of allylic oxidation sites excluding steroid dienone is 2. The molecule has 1 aromatic carbocycles. The van der Waals surface area contributed by atoms with Crippen LogP contribution >= 0.6 is 0 Å². The van der Waals surface area contributed by atoms with Crippen LogP contribution in [0.2, 0.25) is 0 Å². The highest BCUT2D eigenvalue weighted by atomic mass is 16.5. The number of hydrogen-bond donors (Lipinski definition) is 1. The van der Waals surface area contributed by atoms with Gasteiger partial charge in [-0.25, -0.2) is 4.99 Å². The van der Waals surface area contributed by atoms with Gasteiger partial charge in [-0.15, -0.1) is 0 Å². The molecule has 0 unspecified atom stereocenters. The van der Waals surface area contributed by atoms with Crippen LogP contribution in [0, 0.1) is 5.21 Å². The van der Waals surface area contributed by atoms with Gasteiger partial charge in [0.25, 0.3) is 0 Å². The quantitative estimate of drug-likeness (QED) is 0.474. The topological polar surface area (TPSA) is 81.6 Å². The summed E-state index contributed by atoms with van der Waals surface area (Å²) < 4.78 is -0.202. The van der Waals surface area contributed by atoms with Gasteiger partial charge in [-0.3, -0.25) is 9.59 Å². The van der Waals surface area contributed by atoms with E-state index < -0.39 is 0 Å². The van der Waals surface area contributed by atoms with E-state index in [4.69, 9.17) is 0 Å². The molecule has 6 nitrogen and oxygen atoms in total. The molecule has 0 bridgehead atoms. The van der Waals surface area contributed by atoms with Gasteiger partial charge in [0.15, 0.2) is 11.6 Å². The third kappa shape index (κ3) is 4.84. The van der Waals surface area contributed by atoms with Crippen LogP contribution in [0.4, 0.5) is 11.4 Å². The fourth-order valence-electron chi connectivity index (χ4n) is 2.41. The van der Waals surface area contributed by atoms with Crippen molar-refractivity contribution in [3.63, 3.8) is 0 Å². The van der Waals surface area contributed by atoms with Crippen LogP contribution in [0.1, 0.15) is 20.3 Å². The molecule has 6 heteroatoms. The molecule has 0 aromatic heterocycles. The van der Waals surface area contributed by atoms with Crippen molar-refractivity contribution in [2.45, 2.75) is 20.3 Å². The number of nitrogens with one attached hydrogen (secondary N) is 1. The Morgan fingerprint density at radius 1 is 1.12 bits per heavy atom. The number of benzene rings is 1. The van der Waals surface area contributed by atoms with Gasteiger partial charge in [0.2, 0.25) is 0 Å². The SMILES string of the molecule is CC[N+]([O-])(CC)CCNc1ccc(N=C2C=CC(=O)CC2=O)cc1. The summed E-state index contributed by atoms with van der Waals surface area (Å²) in [5, 5.41) is 15.4. The van der Waals surface area contributed by atoms with E-state index in [1.807, 2.05) is 26.0 Å². The highest BCUT2D eigenvalue weighted by molar-refractivity contribution is 6.49. The Kier molecular flexibility index (Phi) is 6.00. The monoisotopic (exact) mass is 329 g/mol. The summed E-state index contributed by atoms with van der Waals surface area (Å²) in [6.07, 6.45) is 2.73. The van der Waals surface area contributed by atoms with E-state index in [2.05, 4.69) is 10.3 Å². The summed E-state index contributed by atoms with van der Waals surface area (Å²) in [6.45, 7) is 6.06. The summed E-state index contributed by atoms with van der Waals surface area (Å²) in [5.74, 6) is -0.445. The van der Waals surface area contributed by atoms with Crippen molar-refractivity contribution in [3.8, 4) is 0 Å². The number of carbonyl (C=O) groups is 2. The summed E-state index contributed by atoms with van der Waals surface area (Å²) in [6, 6.07) is 7.32. The van der Waals surface area contributed by atoms with E-state index in [0.29, 0.717) is 37.6 Å². The van der Waals surface area contributed by atoms with Crippen molar-refractivity contribution in [1.82, 2.24) is 0 Å². The number of quaternary nitrogens is 1. The standard InChI is InChI=1S/C18H23N3O3/c1-3-21(24,4-2)12-11-19-14-5-7-15(8-6-14)20-17-10-9-16(22)13-18(17)23/h5-10,19H,3-4,11-13H2,1-2H3. The Morgan fingerprint density at radius 2 is 1.79 bits per heavy atom. The molecule has 0 atom stereocenters. The number of anilines is 1. The number of Topliss-reactive ketones (excluding diaryl/α,β-unsaturated/α-hetero) is 1. The molecule has 1 aromatic rings. The lowest BCUT2D eigenvalue weighted by Crippen LogP contribution is -2.44. The van der Waals surface area contributed by atoms with E-state index >= 15 is 0 Å². The molecular weight excluding hydrogens is 306 g/mol. The largest absolute Gasteiger partial charge is 0.633 e. The molecule has 128 valence electrons. The molecule has 0 spiro atoms. The van der Waals surface area contributed by atoms with E-state index in [-0.39, 0.29) is 22.6 Å². The second-order valence-electron chi connectivity index (χ2n) is 5.78. The van der Waals surface area contributed by atoms with Crippen LogP contribution in [0.15, 0.2) is 41.4 Å². The Morgan fingerprint density at radius 3 is 2.38 bits per heavy atom. The van der Waals surface area contributed by atoms with E-state index in [9.17, 15) is 14.8 Å². The third-order valence-electron chi connectivity index (χ3n) is 4.17. The lowest BCUT2D eigenvalue weighted by Gasteiger charge is -2.41. The highest BCUT2D eigenvalue weighted by Gasteiger charge is 2.17. The van der Waals surface area contributed by atoms with Gasteiger partial charge < -0.3 is 15.2 Å². The van der Waals surface area contributed by atoms with Crippen molar-refractivity contribution < 1.29 is 14.2 Å². The number of hydrogen-bond acceptors (Lipinski definition) is 5. The zero-order chi connectivity index (χ0) is 17.6. The van der Waals surface area contributed by atoms with Crippen molar-refractivity contribution >= 4 is 28.7 Å². The summed E-state index contributed by atoms with van der Waals surface area (Å²) >= 11 is 0. The minimum absolute atomic E-state index is 0.112. The molecule has 0 aliphatic heterocycles. The maximum absolute atomic E-state index is 12.2. The second kappa shape index (κ2) is 7.99. The molecule has 1 aliphatic carbocycles. The molecule has 0 saturated heterocycles. The summed E-state index contributed by atoms with van der Waals surface area (Å²) in [4.78, 5) is 27.1. The van der Waals surface area contributed by atoms with Crippen LogP contribution in [-0.2, 0) is 9.59 Å². The fraction of sp³-hybridized carbons (Fsp3) is 0.389. The summed E-state index contributed by atoms with van der Waals surface area (Å²) in [5.41, 5.74) is 1.85. The van der Waals surface area contributed by atoms with Crippen LogP contribution in [0.3, 0.4) is 0 Å². The van der Waals surface area contributed by atoms with E-state index in [0.717, 1.165) is 5.69 Å². The van der Waals surface area contributed by atoms with Crippen molar-refractivity contribution in [2.75, 3.05) is 31.5 Å². The molecule has 0 fully saturated rings. The van der Waals surface area contributed by atoms with Crippen molar-refractivity contribution in [2.24, 2.45) is 4.99 Å². The second-order valence-corrected chi connectivity index (χ2v) is 5.78. The maximum atomic E-state index is 12.2. The first-order valence-corrected chi connectivity index (χ1v) is 8.19. The first-order valence-electron chi connectivity index (χ1n) is 8.19. The van der Waals surface area contributed by atoms with Crippen molar-refractivity contribution in [1.29, 1.82) is 0 Å². The highest BCUT2D eigenvalue weighted by Crippen LogP contribution is 2.18. The van der Waals surface area contributed by atoms with Gasteiger partial charge >= 0.3 is 0 Å². The van der Waals surface area contributed by atoms with Gasteiger partial charge in [0, 0.05) is 5.69 Å². The molecule has 1 N–H and O–H groups in total. The number of aliphatic imine (C=N–C) groups is 1. The lowest BCUT2D eigenvalue weighted by molar-refractivity contribution is -0.875. The van der Waals surface area contributed by atoms with Crippen LogP contribution in [0.25, 0.3) is 0 Å². The first-order chi connectivity index (χ1) is 11.5. The zero-order valence-electron chi connectivity index (χ0n) is 14.1. The summed E-state index contributed by atoms with van der Waals surface area (Å²) in [7, 11) is 0. The van der Waals surface area contributed by atoms with E-state index in [1.54, 1.807) is 12.1 Å². The minimum Gasteiger partial charge on any atom is -0.633 e. The number of carbonyl (C=O) groups excluding carboxylic acids is 2.